The Balaban J connectivity index is 1.43. The molecule has 0 aromatic heterocycles. The molecule has 0 saturated heterocycles. The number of aliphatic imine (C=N–C) groups is 1. The zero-order chi connectivity index (χ0) is 24.1. The largest absolute Gasteiger partial charge is 0.427 e. The highest BCUT2D eigenvalue weighted by atomic mass is 16.5. The monoisotopic (exact) mass is 463 g/mol. The number of para-hydroxylation sites is 1. The van der Waals surface area contributed by atoms with E-state index in [0.29, 0.717) is 12.2 Å². The van der Waals surface area contributed by atoms with Crippen LogP contribution in [0.15, 0.2) is 59.6 Å². The van der Waals surface area contributed by atoms with Gasteiger partial charge >= 0.3 is 5.97 Å². The van der Waals surface area contributed by atoms with Crippen LogP contribution in [0.3, 0.4) is 0 Å². The summed E-state index contributed by atoms with van der Waals surface area (Å²) < 4.78 is 5.47. The van der Waals surface area contributed by atoms with E-state index in [2.05, 4.69) is 11.9 Å². The molecule has 0 atom stereocenters. The minimum absolute atomic E-state index is 0.139. The Morgan fingerprint density at radius 3 is 1.71 bits per heavy atom. The average molecular weight is 464 g/mol. The van der Waals surface area contributed by atoms with Crippen molar-refractivity contribution in [2.75, 3.05) is 0 Å². The third-order valence-electron chi connectivity index (χ3n) is 6.22. The molecule has 0 heterocycles. The van der Waals surface area contributed by atoms with Crippen LogP contribution in [0.25, 0.3) is 0 Å². The summed E-state index contributed by atoms with van der Waals surface area (Å²) in [6.07, 6.45) is 22.2. The highest BCUT2D eigenvalue weighted by Gasteiger charge is 2.05. The fourth-order valence-corrected chi connectivity index (χ4v) is 4.11. The van der Waals surface area contributed by atoms with Crippen molar-refractivity contribution in [1.82, 2.24) is 0 Å². The Kier molecular flexibility index (Phi) is 15.5. The summed E-state index contributed by atoms with van der Waals surface area (Å²) in [6.45, 7) is 2.28. The summed E-state index contributed by atoms with van der Waals surface area (Å²) >= 11 is 0. The molecule has 0 unspecified atom stereocenters. The molecule has 2 rings (SSSR count). The second-order valence-corrected chi connectivity index (χ2v) is 9.34. The van der Waals surface area contributed by atoms with E-state index in [-0.39, 0.29) is 5.97 Å². The van der Waals surface area contributed by atoms with Crippen LogP contribution in [0.4, 0.5) is 5.69 Å². The molecule has 0 aliphatic heterocycles. The molecule has 0 saturated carbocycles. The molecule has 0 amide bonds. The van der Waals surface area contributed by atoms with E-state index in [1.165, 1.54) is 83.5 Å². The molecule has 2 aromatic rings. The molecule has 3 nitrogen and oxygen atoms in total. The molecule has 0 aliphatic rings. The Morgan fingerprint density at radius 2 is 1.18 bits per heavy atom. The molecule has 0 N–H and O–H groups in total. The minimum Gasteiger partial charge on any atom is -0.427 e. The van der Waals surface area contributed by atoms with Gasteiger partial charge in [-0.1, -0.05) is 115 Å². The third kappa shape index (κ3) is 14.0. The molecule has 0 radical (unpaired) electrons. The van der Waals surface area contributed by atoms with Gasteiger partial charge in [0.2, 0.25) is 0 Å². The maximum Gasteiger partial charge on any atom is 0.311 e. The number of hydrogen-bond donors (Lipinski definition) is 0. The fraction of sp³-hybridized carbons (Fsp3) is 0.548. The van der Waals surface area contributed by atoms with Crippen molar-refractivity contribution >= 4 is 17.9 Å². The van der Waals surface area contributed by atoms with Crippen molar-refractivity contribution in [1.29, 1.82) is 0 Å². The highest BCUT2D eigenvalue weighted by molar-refractivity contribution is 5.82. The van der Waals surface area contributed by atoms with Crippen LogP contribution in [0, 0.1) is 0 Å². The SMILES string of the molecule is CCCCCCCCCCCCCCCCCC(=O)Oc1ccc(C=Nc2ccccc2)cc1. The maximum absolute atomic E-state index is 12.1. The summed E-state index contributed by atoms with van der Waals surface area (Å²) in [4.78, 5) is 16.5. The second kappa shape index (κ2) is 18.9. The lowest BCUT2D eigenvalue weighted by atomic mass is 10.0. The van der Waals surface area contributed by atoms with E-state index >= 15 is 0 Å². The quantitative estimate of drug-likeness (QED) is 0.0900. The van der Waals surface area contributed by atoms with Crippen molar-refractivity contribution in [2.24, 2.45) is 4.99 Å². The highest BCUT2D eigenvalue weighted by Crippen LogP contribution is 2.16. The Bertz CT molecular complexity index is 783. The van der Waals surface area contributed by atoms with E-state index in [4.69, 9.17) is 4.74 Å². The second-order valence-electron chi connectivity index (χ2n) is 9.34. The number of unbranched alkanes of at least 4 members (excludes halogenated alkanes) is 14. The first-order chi connectivity index (χ1) is 16.8. The predicted molar refractivity (Wildman–Crippen MR) is 145 cm³/mol. The van der Waals surface area contributed by atoms with E-state index in [1.807, 2.05) is 60.8 Å². The van der Waals surface area contributed by atoms with Gasteiger partial charge in [-0.05, 0) is 48.4 Å². The first kappa shape index (κ1) is 27.8. The number of carbonyl (C=O) groups is 1. The fourth-order valence-electron chi connectivity index (χ4n) is 4.11. The van der Waals surface area contributed by atoms with Gasteiger partial charge in [0.25, 0.3) is 0 Å². The summed E-state index contributed by atoms with van der Waals surface area (Å²) in [5.41, 5.74) is 1.90. The number of esters is 1. The van der Waals surface area contributed by atoms with Gasteiger partial charge in [-0.15, -0.1) is 0 Å². The lowest BCUT2D eigenvalue weighted by molar-refractivity contribution is -0.134. The zero-order valence-electron chi connectivity index (χ0n) is 21.4. The molecular weight excluding hydrogens is 418 g/mol. The van der Waals surface area contributed by atoms with Crippen LogP contribution in [-0.4, -0.2) is 12.2 Å². The molecule has 0 bridgehead atoms. The lowest BCUT2D eigenvalue weighted by Gasteiger charge is -2.05. The maximum atomic E-state index is 12.1. The number of benzene rings is 2. The van der Waals surface area contributed by atoms with Gasteiger partial charge in [0.05, 0.1) is 5.69 Å². The first-order valence-corrected chi connectivity index (χ1v) is 13.7. The van der Waals surface area contributed by atoms with Crippen molar-refractivity contribution in [3.63, 3.8) is 0 Å². The Morgan fingerprint density at radius 1 is 0.676 bits per heavy atom. The van der Waals surface area contributed by atoms with Crippen LogP contribution < -0.4 is 4.74 Å². The third-order valence-corrected chi connectivity index (χ3v) is 6.22. The lowest BCUT2D eigenvalue weighted by Crippen LogP contribution is -2.07. The van der Waals surface area contributed by atoms with E-state index in [0.717, 1.165) is 24.1 Å². The molecule has 3 heteroatoms. The van der Waals surface area contributed by atoms with E-state index in [1.54, 1.807) is 0 Å². The van der Waals surface area contributed by atoms with E-state index in [9.17, 15) is 4.79 Å². The number of rotatable bonds is 19. The predicted octanol–water partition coefficient (Wildman–Crippen LogP) is 9.60. The molecular formula is C31H45NO2. The summed E-state index contributed by atoms with van der Waals surface area (Å²) in [7, 11) is 0. The molecule has 0 aliphatic carbocycles. The molecule has 34 heavy (non-hydrogen) atoms. The van der Waals surface area contributed by atoms with Gasteiger partial charge in [-0.3, -0.25) is 9.79 Å². The number of nitrogens with zero attached hydrogens (tertiary/aromatic N) is 1. The smallest absolute Gasteiger partial charge is 0.311 e. The van der Waals surface area contributed by atoms with Crippen LogP contribution in [0.2, 0.25) is 0 Å². The summed E-state index contributed by atoms with van der Waals surface area (Å²) in [5, 5.41) is 0. The Labute approximate surface area is 208 Å². The van der Waals surface area contributed by atoms with Gasteiger partial charge in [-0.25, -0.2) is 0 Å². The van der Waals surface area contributed by atoms with Crippen LogP contribution in [0.5, 0.6) is 5.75 Å². The number of ether oxygens (including phenoxy) is 1. The Hall–Kier alpha value is -2.42. The topological polar surface area (TPSA) is 38.7 Å². The van der Waals surface area contributed by atoms with Crippen molar-refractivity contribution < 1.29 is 9.53 Å². The standard InChI is InChI=1S/C31H45NO2/c1-2-3-4-5-6-7-8-9-10-11-12-13-14-15-19-22-31(33)34-30-25-23-28(24-26-30)27-32-29-20-17-16-18-21-29/h16-18,20-21,23-27H,2-15,19,22H2,1H3. The van der Waals surface area contributed by atoms with Gasteiger partial charge in [0, 0.05) is 12.6 Å². The molecule has 186 valence electrons. The van der Waals surface area contributed by atoms with Gasteiger partial charge in [0.15, 0.2) is 0 Å². The van der Waals surface area contributed by atoms with Crippen LogP contribution in [-0.2, 0) is 4.79 Å². The molecule has 2 aromatic carbocycles. The normalized spacial score (nSPS) is 11.2. The van der Waals surface area contributed by atoms with Crippen molar-refractivity contribution in [2.45, 2.75) is 110 Å². The molecule has 0 spiro atoms. The van der Waals surface area contributed by atoms with E-state index < -0.39 is 0 Å². The van der Waals surface area contributed by atoms with Crippen LogP contribution >= 0.6 is 0 Å². The van der Waals surface area contributed by atoms with Gasteiger partial charge < -0.3 is 4.74 Å². The number of carbonyl (C=O) groups excluding carboxylic acids is 1. The first-order valence-electron chi connectivity index (χ1n) is 13.7. The van der Waals surface area contributed by atoms with Crippen molar-refractivity contribution in [3.05, 3.63) is 60.2 Å². The van der Waals surface area contributed by atoms with Gasteiger partial charge in [-0.2, -0.15) is 0 Å². The van der Waals surface area contributed by atoms with Crippen molar-refractivity contribution in [3.8, 4) is 5.75 Å². The summed E-state index contributed by atoms with van der Waals surface area (Å²) in [5.74, 6) is 0.461. The van der Waals surface area contributed by atoms with Gasteiger partial charge in [0.1, 0.15) is 5.75 Å². The number of hydrogen-bond acceptors (Lipinski definition) is 3. The molecule has 0 fully saturated rings. The minimum atomic E-state index is -0.139. The van der Waals surface area contributed by atoms with Crippen LogP contribution in [0.1, 0.15) is 115 Å². The zero-order valence-corrected chi connectivity index (χ0v) is 21.4. The summed E-state index contributed by atoms with van der Waals surface area (Å²) in [6, 6.07) is 17.3. The average Bonchev–Trinajstić information content (AvgIpc) is 2.86.